The van der Waals surface area contributed by atoms with Gasteiger partial charge < -0.3 is 4.90 Å². The minimum Gasteiger partial charge on any atom is -0.375 e. The summed E-state index contributed by atoms with van der Waals surface area (Å²) in [5.41, 5.74) is 1.58. The SMILES string of the molecule is CCN1CCC2CC=CC=C21. The number of likely N-dealkylation sites (tertiary alicyclic amines) is 1. The quantitative estimate of drug-likeness (QED) is 0.552. The van der Waals surface area contributed by atoms with Crippen LogP contribution in [-0.2, 0) is 0 Å². The normalized spacial score (nSPS) is 28.6. The van der Waals surface area contributed by atoms with Gasteiger partial charge in [0.05, 0.1) is 0 Å². The average molecular weight is 149 g/mol. The largest absolute Gasteiger partial charge is 0.375 e. The molecule has 0 aromatic heterocycles. The average Bonchev–Trinajstić information content (AvgIpc) is 2.47. The van der Waals surface area contributed by atoms with Crippen molar-refractivity contribution in [2.75, 3.05) is 13.1 Å². The Morgan fingerprint density at radius 3 is 3.36 bits per heavy atom. The zero-order chi connectivity index (χ0) is 7.68. The second-order valence-electron chi connectivity index (χ2n) is 3.32. The lowest BCUT2D eigenvalue weighted by molar-refractivity contribution is 0.410. The molecule has 0 spiro atoms. The first kappa shape index (κ1) is 6.96. The third-order valence-corrected chi connectivity index (χ3v) is 2.74. The van der Waals surface area contributed by atoms with Crippen LogP contribution in [0, 0.1) is 5.92 Å². The van der Waals surface area contributed by atoms with E-state index in [9.17, 15) is 0 Å². The van der Waals surface area contributed by atoms with E-state index in [1.165, 1.54) is 25.9 Å². The van der Waals surface area contributed by atoms with Gasteiger partial charge >= 0.3 is 0 Å². The summed E-state index contributed by atoms with van der Waals surface area (Å²) in [6, 6.07) is 0. The summed E-state index contributed by atoms with van der Waals surface area (Å²) in [7, 11) is 0. The fourth-order valence-electron chi connectivity index (χ4n) is 2.08. The molecule has 2 rings (SSSR count). The van der Waals surface area contributed by atoms with Crippen molar-refractivity contribution in [3.05, 3.63) is 23.9 Å². The number of hydrogen-bond donors (Lipinski definition) is 0. The maximum atomic E-state index is 2.49. The number of allylic oxidation sites excluding steroid dienone is 4. The van der Waals surface area contributed by atoms with Gasteiger partial charge in [-0.3, -0.25) is 0 Å². The highest BCUT2D eigenvalue weighted by atomic mass is 15.2. The van der Waals surface area contributed by atoms with Crippen molar-refractivity contribution in [2.24, 2.45) is 5.92 Å². The molecular formula is C10H15N. The number of rotatable bonds is 1. The molecule has 1 saturated heterocycles. The number of nitrogens with zero attached hydrogens (tertiary/aromatic N) is 1. The lowest BCUT2D eigenvalue weighted by atomic mass is 9.97. The van der Waals surface area contributed by atoms with E-state index < -0.39 is 0 Å². The highest BCUT2D eigenvalue weighted by Crippen LogP contribution is 2.32. The van der Waals surface area contributed by atoms with E-state index in [0.717, 1.165) is 5.92 Å². The van der Waals surface area contributed by atoms with E-state index in [0.29, 0.717) is 0 Å². The van der Waals surface area contributed by atoms with Gasteiger partial charge in [0.25, 0.3) is 0 Å². The Balaban J connectivity index is 2.19. The second kappa shape index (κ2) is 2.72. The maximum absolute atomic E-state index is 2.49. The first-order valence-corrected chi connectivity index (χ1v) is 4.53. The predicted octanol–water partition coefficient (Wildman–Crippen LogP) is 2.17. The van der Waals surface area contributed by atoms with Crippen LogP contribution in [-0.4, -0.2) is 18.0 Å². The molecule has 1 heteroatoms. The van der Waals surface area contributed by atoms with Crippen molar-refractivity contribution in [1.82, 2.24) is 4.90 Å². The van der Waals surface area contributed by atoms with Gasteiger partial charge in [0.15, 0.2) is 0 Å². The van der Waals surface area contributed by atoms with Crippen molar-refractivity contribution in [3.8, 4) is 0 Å². The highest BCUT2D eigenvalue weighted by Gasteiger charge is 2.26. The Kier molecular flexibility index (Phi) is 1.72. The fourth-order valence-corrected chi connectivity index (χ4v) is 2.08. The van der Waals surface area contributed by atoms with E-state index in [1.807, 2.05) is 0 Å². The van der Waals surface area contributed by atoms with Gasteiger partial charge in [-0.15, -0.1) is 0 Å². The van der Waals surface area contributed by atoms with Crippen molar-refractivity contribution >= 4 is 0 Å². The molecule has 0 saturated carbocycles. The molecule has 0 bridgehead atoms. The summed E-state index contributed by atoms with van der Waals surface area (Å²) in [5, 5.41) is 0. The monoisotopic (exact) mass is 149 g/mol. The molecule has 1 aliphatic heterocycles. The van der Waals surface area contributed by atoms with Gasteiger partial charge in [-0.2, -0.15) is 0 Å². The molecule has 1 nitrogen and oxygen atoms in total. The van der Waals surface area contributed by atoms with Gasteiger partial charge in [-0.25, -0.2) is 0 Å². The van der Waals surface area contributed by atoms with Crippen LogP contribution in [0.4, 0.5) is 0 Å². The van der Waals surface area contributed by atoms with Crippen molar-refractivity contribution in [2.45, 2.75) is 19.8 Å². The van der Waals surface area contributed by atoms with Gasteiger partial charge in [-0.05, 0) is 25.8 Å². The van der Waals surface area contributed by atoms with E-state index in [4.69, 9.17) is 0 Å². The van der Waals surface area contributed by atoms with Gasteiger partial charge in [0.2, 0.25) is 0 Å². The Bertz CT molecular complexity index is 203. The van der Waals surface area contributed by atoms with Crippen LogP contribution >= 0.6 is 0 Å². The van der Waals surface area contributed by atoms with Crippen LogP contribution in [0.2, 0.25) is 0 Å². The molecule has 1 fully saturated rings. The molecule has 0 N–H and O–H groups in total. The predicted molar refractivity (Wildman–Crippen MR) is 47.2 cm³/mol. The summed E-state index contributed by atoms with van der Waals surface area (Å²) < 4.78 is 0. The van der Waals surface area contributed by atoms with Crippen LogP contribution < -0.4 is 0 Å². The van der Waals surface area contributed by atoms with E-state index in [-0.39, 0.29) is 0 Å². The molecule has 11 heavy (non-hydrogen) atoms. The Hall–Kier alpha value is -0.720. The zero-order valence-electron chi connectivity index (χ0n) is 7.09. The minimum atomic E-state index is 0.847. The third-order valence-electron chi connectivity index (χ3n) is 2.74. The third kappa shape index (κ3) is 1.09. The molecule has 1 unspecified atom stereocenters. The fraction of sp³-hybridized carbons (Fsp3) is 0.600. The van der Waals surface area contributed by atoms with Crippen molar-refractivity contribution < 1.29 is 0 Å². The van der Waals surface area contributed by atoms with Crippen LogP contribution in [0.5, 0.6) is 0 Å². The summed E-state index contributed by atoms with van der Waals surface area (Å²) in [5.74, 6) is 0.847. The first-order valence-electron chi connectivity index (χ1n) is 4.53. The summed E-state index contributed by atoms with van der Waals surface area (Å²) in [6.07, 6.45) is 9.39. The van der Waals surface area contributed by atoms with Crippen LogP contribution in [0.25, 0.3) is 0 Å². The van der Waals surface area contributed by atoms with Crippen LogP contribution in [0.1, 0.15) is 19.8 Å². The highest BCUT2D eigenvalue weighted by molar-refractivity contribution is 5.22. The second-order valence-corrected chi connectivity index (χ2v) is 3.32. The molecular weight excluding hydrogens is 134 g/mol. The zero-order valence-corrected chi connectivity index (χ0v) is 7.09. The Labute approximate surface area is 68.4 Å². The molecule has 60 valence electrons. The first-order chi connectivity index (χ1) is 5.42. The molecule has 0 radical (unpaired) electrons. The van der Waals surface area contributed by atoms with E-state index in [1.54, 1.807) is 5.70 Å². The summed E-state index contributed by atoms with van der Waals surface area (Å²) >= 11 is 0. The number of hydrogen-bond acceptors (Lipinski definition) is 1. The summed E-state index contributed by atoms with van der Waals surface area (Å²) in [6.45, 7) is 4.69. The molecule has 0 aromatic carbocycles. The molecule has 1 heterocycles. The number of fused-ring (bicyclic) bond motifs is 1. The van der Waals surface area contributed by atoms with Gasteiger partial charge in [-0.1, -0.05) is 12.2 Å². The van der Waals surface area contributed by atoms with E-state index >= 15 is 0 Å². The van der Waals surface area contributed by atoms with E-state index in [2.05, 4.69) is 30.1 Å². The topological polar surface area (TPSA) is 3.24 Å². The van der Waals surface area contributed by atoms with Crippen LogP contribution in [0.15, 0.2) is 23.9 Å². The Morgan fingerprint density at radius 1 is 1.64 bits per heavy atom. The lowest BCUT2D eigenvalue weighted by Gasteiger charge is -2.21. The smallest absolute Gasteiger partial charge is 0.0181 e. The molecule has 1 atom stereocenters. The van der Waals surface area contributed by atoms with Crippen molar-refractivity contribution in [3.63, 3.8) is 0 Å². The Morgan fingerprint density at radius 2 is 2.55 bits per heavy atom. The van der Waals surface area contributed by atoms with Crippen LogP contribution in [0.3, 0.4) is 0 Å². The molecule has 0 amide bonds. The molecule has 1 aliphatic carbocycles. The minimum absolute atomic E-state index is 0.847. The molecule has 0 aromatic rings. The standard InChI is InChI=1S/C10H15N/c1-2-11-8-7-9-5-3-4-6-10(9)11/h3-4,6,9H,2,5,7-8H2,1H3. The van der Waals surface area contributed by atoms with Gasteiger partial charge in [0, 0.05) is 24.7 Å². The maximum Gasteiger partial charge on any atom is 0.0181 e. The summed E-state index contributed by atoms with van der Waals surface area (Å²) in [4.78, 5) is 2.49. The lowest BCUT2D eigenvalue weighted by Crippen LogP contribution is -2.18. The molecule has 2 aliphatic rings. The van der Waals surface area contributed by atoms with Crippen molar-refractivity contribution in [1.29, 1.82) is 0 Å². The van der Waals surface area contributed by atoms with Gasteiger partial charge in [0.1, 0.15) is 0 Å².